The maximum Gasteiger partial charge on any atom is 0.248 e. The number of nitrogen functional groups attached to an aromatic ring is 1. The first-order valence-corrected chi connectivity index (χ1v) is 7.69. The molecule has 19 heavy (non-hydrogen) atoms. The fraction of sp³-hybridized carbons (Fsp3) is 0.727. The van der Waals surface area contributed by atoms with E-state index in [1.54, 1.807) is 14.0 Å². The number of hydrogen-bond acceptors (Lipinski definition) is 5. The monoisotopic (exact) mass is 288 g/mol. The first-order valence-electron chi connectivity index (χ1n) is 6.25. The second-order valence-electron chi connectivity index (χ2n) is 4.82. The molecule has 1 aromatic heterocycles. The summed E-state index contributed by atoms with van der Waals surface area (Å²) >= 11 is 0. The zero-order valence-corrected chi connectivity index (χ0v) is 12.3. The van der Waals surface area contributed by atoms with Gasteiger partial charge in [0.1, 0.15) is 4.90 Å². The van der Waals surface area contributed by atoms with Gasteiger partial charge in [-0.15, -0.1) is 0 Å². The molecule has 1 aliphatic rings. The Morgan fingerprint density at radius 2 is 2.16 bits per heavy atom. The lowest BCUT2D eigenvalue weighted by Gasteiger charge is -2.21. The van der Waals surface area contributed by atoms with Crippen LogP contribution in [0.15, 0.2) is 4.90 Å². The molecule has 1 aromatic rings. The summed E-state index contributed by atoms with van der Waals surface area (Å²) in [5, 5.41) is 3.97. The van der Waals surface area contributed by atoms with Gasteiger partial charge >= 0.3 is 0 Å². The molecule has 108 valence electrons. The number of hydrogen-bond donors (Lipinski definition) is 1. The lowest BCUT2D eigenvalue weighted by molar-refractivity contribution is 0.0752. The largest absolute Gasteiger partial charge is 0.381 e. The second kappa shape index (κ2) is 5.10. The van der Waals surface area contributed by atoms with Gasteiger partial charge in [-0.25, -0.2) is 8.42 Å². The Hall–Kier alpha value is -1.12. The molecule has 2 rings (SSSR count). The van der Waals surface area contributed by atoms with E-state index in [0.29, 0.717) is 31.8 Å². The van der Waals surface area contributed by atoms with Crippen LogP contribution in [-0.2, 0) is 21.8 Å². The molecular formula is C11H20N4O3S. The number of aromatic nitrogens is 2. The fourth-order valence-electron chi connectivity index (χ4n) is 2.24. The summed E-state index contributed by atoms with van der Waals surface area (Å²) in [7, 11) is -1.93. The topological polar surface area (TPSA) is 90.4 Å². The van der Waals surface area contributed by atoms with Crippen LogP contribution in [0.5, 0.6) is 0 Å². The third-order valence-electron chi connectivity index (χ3n) is 3.32. The molecule has 1 fully saturated rings. The van der Waals surface area contributed by atoms with Crippen LogP contribution in [-0.4, -0.2) is 48.3 Å². The normalized spacial score (nSPS) is 22.4. The number of nitrogens with zero attached hydrogens (tertiary/aromatic N) is 3. The number of anilines is 1. The van der Waals surface area contributed by atoms with E-state index in [1.807, 2.05) is 6.92 Å². The Labute approximate surface area is 113 Å². The first kappa shape index (κ1) is 14.3. The van der Waals surface area contributed by atoms with Gasteiger partial charge in [-0.2, -0.15) is 9.40 Å². The van der Waals surface area contributed by atoms with Crippen LogP contribution in [0.2, 0.25) is 0 Å². The van der Waals surface area contributed by atoms with E-state index in [-0.39, 0.29) is 16.8 Å². The van der Waals surface area contributed by atoms with Crippen molar-refractivity contribution in [1.82, 2.24) is 14.1 Å². The van der Waals surface area contributed by atoms with Crippen LogP contribution in [0.1, 0.15) is 19.0 Å². The van der Waals surface area contributed by atoms with Crippen molar-refractivity contribution < 1.29 is 13.2 Å². The van der Waals surface area contributed by atoms with Gasteiger partial charge in [-0.1, -0.05) is 0 Å². The number of ether oxygens (including phenoxy) is 1. The second-order valence-corrected chi connectivity index (χ2v) is 6.70. The Morgan fingerprint density at radius 3 is 2.74 bits per heavy atom. The minimum Gasteiger partial charge on any atom is -0.381 e. The Balaban J connectivity index is 2.41. The summed E-state index contributed by atoms with van der Waals surface area (Å²) in [5.74, 6) is 0.0535. The van der Waals surface area contributed by atoms with Crippen LogP contribution in [0.25, 0.3) is 0 Å². The summed E-state index contributed by atoms with van der Waals surface area (Å²) in [6, 6.07) is 0. The zero-order valence-electron chi connectivity index (χ0n) is 11.5. The minimum atomic E-state index is -3.61. The molecule has 0 bridgehead atoms. The maximum absolute atomic E-state index is 12.7. The molecule has 0 spiro atoms. The lowest BCUT2D eigenvalue weighted by atomic mass is 10.4. The molecule has 7 nitrogen and oxygen atoms in total. The average Bonchev–Trinajstić information content (AvgIpc) is 2.51. The maximum atomic E-state index is 12.7. The SMILES string of the molecule is Cc1c(S(=O)(=O)N2CCCOC(C)C2)c(N)nn1C. The highest BCUT2D eigenvalue weighted by molar-refractivity contribution is 7.89. The lowest BCUT2D eigenvalue weighted by Crippen LogP contribution is -2.36. The average molecular weight is 288 g/mol. The highest BCUT2D eigenvalue weighted by atomic mass is 32.2. The summed E-state index contributed by atoms with van der Waals surface area (Å²) in [5.41, 5.74) is 6.29. The van der Waals surface area contributed by atoms with Gasteiger partial charge in [-0.05, 0) is 20.3 Å². The van der Waals surface area contributed by atoms with Crippen LogP contribution in [0.3, 0.4) is 0 Å². The van der Waals surface area contributed by atoms with E-state index in [0.717, 1.165) is 0 Å². The molecule has 1 saturated heterocycles. The fourth-order valence-corrected chi connectivity index (χ4v) is 4.08. The van der Waals surface area contributed by atoms with E-state index in [9.17, 15) is 8.42 Å². The molecule has 2 heterocycles. The Bertz CT molecular complexity index is 567. The highest BCUT2D eigenvalue weighted by Gasteiger charge is 2.32. The van der Waals surface area contributed by atoms with Gasteiger partial charge in [-0.3, -0.25) is 4.68 Å². The van der Waals surface area contributed by atoms with Gasteiger partial charge in [0.05, 0.1) is 11.8 Å². The number of aryl methyl sites for hydroxylation is 1. The van der Waals surface area contributed by atoms with Crippen molar-refractivity contribution in [3.05, 3.63) is 5.69 Å². The molecule has 1 unspecified atom stereocenters. The van der Waals surface area contributed by atoms with Crippen molar-refractivity contribution in [2.45, 2.75) is 31.3 Å². The van der Waals surface area contributed by atoms with Crippen molar-refractivity contribution >= 4 is 15.8 Å². The number of rotatable bonds is 2. The van der Waals surface area contributed by atoms with Crippen molar-refractivity contribution in [1.29, 1.82) is 0 Å². The molecular weight excluding hydrogens is 268 g/mol. The van der Waals surface area contributed by atoms with Crippen molar-refractivity contribution in [2.24, 2.45) is 7.05 Å². The zero-order chi connectivity index (χ0) is 14.2. The van der Waals surface area contributed by atoms with Gasteiger partial charge < -0.3 is 10.5 Å². The van der Waals surface area contributed by atoms with Crippen molar-refractivity contribution in [3.63, 3.8) is 0 Å². The molecule has 0 amide bonds. The molecule has 0 aliphatic carbocycles. The molecule has 0 aromatic carbocycles. The van der Waals surface area contributed by atoms with E-state index >= 15 is 0 Å². The van der Waals surface area contributed by atoms with Gasteiger partial charge in [0.25, 0.3) is 0 Å². The third kappa shape index (κ3) is 2.60. The predicted molar refractivity (Wildman–Crippen MR) is 71.1 cm³/mol. The summed E-state index contributed by atoms with van der Waals surface area (Å²) < 4.78 is 33.7. The minimum absolute atomic E-state index is 0.0535. The summed E-state index contributed by atoms with van der Waals surface area (Å²) in [6.07, 6.45) is 0.568. The Morgan fingerprint density at radius 1 is 1.47 bits per heavy atom. The first-order chi connectivity index (χ1) is 8.84. The van der Waals surface area contributed by atoms with E-state index < -0.39 is 10.0 Å². The van der Waals surface area contributed by atoms with Crippen molar-refractivity contribution in [3.8, 4) is 0 Å². The number of nitrogens with two attached hydrogens (primary N) is 1. The van der Waals surface area contributed by atoms with E-state index in [2.05, 4.69) is 5.10 Å². The van der Waals surface area contributed by atoms with Crippen LogP contribution in [0.4, 0.5) is 5.82 Å². The third-order valence-corrected chi connectivity index (χ3v) is 5.35. The smallest absolute Gasteiger partial charge is 0.248 e. The van der Waals surface area contributed by atoms with E-state index in [4.69, 9.17) is 10.5 Å². The highest BCUT2D eigenvalue weighted by Crippen LogP contribution is 2.26. The van der Waals surface area contributed by atoms with Crippen LogP contribution < -0.4 is 5.73 Å². The van der Waals surface area contributed by atoms with Gasteiger partial charge in [0.15, 0.2) is 5.82 Å². The molecule has 2 N–H and O–H groups in total. The predicted octanol–water partition coefficient (Wildman–Crippen LogP) is 0.110. The molecule has 1 atom stereocenters. The van der Waals surface area contributed by atoms with E-state index in [1.165, 1.54) is 8.99 Å². The van der Waals surface area contributed by atoms with Crippen LogP contribution in [0, 0.1) is 6.92 Å². The molecule has 8 heteroatoms. The van der Waals surface area contributed by atoms with Crippen LogP contribution >= 0.6 is 0 Å². The standard InChI is InChI=1S/C11H20N4O3S/c1-8-7-15(5-4-6-18-8)19(16,17)10-9(2)14(3)13-11(10)12/h8H,4-7H2,1-3H3,(H2,12,13). The molecule has 0 radical (unpaired) electrons. The Kier molecular flexibility index (Phi) is 3.84. The number of sulfonamides is 1. The molecule has 0 saturated carbocycles. The molecule has 1 aliphatic heterocycles. The van der Waals surface area contributed by atoms with Gasteiger partial charge in [0, 0.05) is 26.7 Å². The van der Waals surface area contributed by atoms with Crippen molar-refractivity contribution in [2.75, 3.05) is 25.4 Å². The summed E-state index contributed by atoms with van der Waals surface area (Å²) in [6.45, 7) is 4.94. The summed E-state index contributed by atoms with van der Waals surface area (Å²) in [4.78, 5) is 0.115. The van der Waals surface area contributed by atoms with Gasteiger partial charge in [0.2, 0.25) is 10.0 Å². The quantitative estimate of drug-likeness (QED) is 0.834.